The predicted molar refractivity (Wildman–Crippen MR) is 127 cm³/mol. The topological polar surface area (TPSA) is 89.1 Å². The maximum Gasteiger partial charge on any atom is 0.262 e. The van der Waals surface area contributed by atoms with Gasteiger partial charge in [-0.25, -0.2) is 13.0 Å². The summed E-state index contributed by atoms with van der Waals surface area (Å²) in [6, 6.07) is 12.5. The van der Waals surface area contributed by atoms with E-state index in [4.69, 9.17) is 0 Å². The molecule has 0 saturated heterocycles. The number of rotatable bonds is 8. The number of unbranched alkanes of at least 4 members (excludes halogenated alkanes) is 2. The Balaban J connectivity index is 1.80. The third-order valence-electron chi connectivity index (χ3n) is 5.43. The minimum absolute atomic E-state index is 0.0150. The van der Waals surface area contributed by atoms with E-state index in [2.05, 4.69) is 27.6 Å². The minimum Gasteiger partial charge on any atom is -0.287 e. The average molecular weight is 529 g/mol. The zero-order valence-electron chi connectivity index (χ0n) is 18.0. The van der Waals surface area contributed by atoms with Crippen LogP contribution >= 0.6 is 15.9 Å². The summed E-state index contributed by atoms with van der Waals surface area (Å²) in [6.07, 6.45) is 8.30. The fraction of sp³-hybridized carbons (Fsp3) is 0.208. The molecule has 7 nitrogen and oxygen atoms in total. The highest BCUT2D eigenvalue weighted by atomic mass is 79.9. The summed E-state index contributed by atoms with van der Waals surface area (Å²) >= 11 is 3.28. The van der Waals surface area contributed by atoms with Crippen LogP contribution in [-0.4, -0.2) is 24.6 Å². The lowest BCUT2D eigenvalue weighted by Crippen LogP contribution is -2.36. The second kappa shape index (κ2) is 9.44. The third-order valence-corrected chi connectivity index (χ3v) is 7.32. The molecule has 9 heteroatoms. The number of hydrogen-bond donors (Lipinski definition) is 1. The lowest BCUT2D eigenvalue weighted by molar-refractivity contribution is -0.696. The van der Waals surface area contributed by atoms with Gasteiger partial charge >= 0.3 is 0 Å². The number of carbonyl (C=O) groups excluding carboxylic acids is 2. The molecule has 0 unspecified atom stereocenters. The van der Waals surface area contributed by atoms with Gasteiger partial charge in [0.2, 0.25) is 23.6 Å². The van der Waals surface area contributed by atoms with Gasteiger partial charge < -0.3 is 0 Å². The molecular formula is C24H23BrN3O4S+. The highest BCUT2D eigenvalue weighted by Gasteiger charge is 2.38. The number of ketones is 2. The van der Waals surface area contributed by atoms with Crippen LogP contribution in [0.5, 0.6) is 0 Å². The summed E-state index contributed by atoms with van der Waals surface area (Å²) in [5.41, 5.74) is 0.129. The van der Waals surface area contributed by atoms with Crippen LogP contribution in [0, 0.1) is 0 Å². The summed E-state index contributed by atoms with van der Waals surface area (Å²) in [7, 11) is -4.11. The Bertz CT molecular complexity index is 1360. The van der Waals surface area contributed by atoms with Crippen LogP contribution < -0.4 is 9.29 Å². The molecule has 1 aliphatic carbocycles. The molecule has 1 aliphatic rings. The van der Waals surface area contributed by atoms with Crippen molar-refractivity contribution in [3.05, 3.63) is 88.5 Å². The van der Waals surface area contributed by atoms with Crippen LogP contribution in [-0.2, 0) is 16.6 Å². The van der Waals surface area contributed by atoms with E-state index in [9.17, 15) is 18.0 Å². The van der Waals surface area contributed by atoms with Crippen molar-refractivity contribution in [1.29, 1.82) is 0 Å². The van der Waals surface area contributed by atoms with E-state index in [0.29, 0.717) is 0 Å². The number of nitrogens with one attached hydrogen (secondary N) is 1. The standard InChI is InChI=1S/C24H22BrN3O4S/c1-2-3-6-13-27-14-15-28(16-27)22-21(23(29)19-7-4-5-8-20(19)24(22)30)26-33(31,32)18-11-9-17(25)10-12-18/h4-5,7-12,14-16H,2-3,6,13H2,1H3/p+1. The molecule has 0 spiro atoms. The predicted octanol–water partition coefficient (Wildman–Crippen LogP) is 3.95. The quantitative estimate of drug-likeness (QED) is 0.354. The number of aromatic nitrogens is 2. The summed E-state index contributed by atoms with van der Waals surface area (Å²) in [6.45, 7) is 2.88. The first-order valence-electron chi connectivity index (χ1n) is 10.6. The molecule has 3 aromatic rings. The number of fused-ring (bicyclic) bond motifs is 1. The van der Waals surface area contributed by atoms with Crippen molar-refractivity contribution in [2.24, 2.45) is 0 Å². The summed E-state index contributed by atoms with van der Waals surface area (Å²) < 4.78 is 32.7. The van der Waals surface area contributed by atoms with E-state index < -0.39 is 21.6 Å². The fourth-order valence-electron chi connectivity index (χ4n) is 3.71. The van der Waals surface area contributed by atoms with Crippen LogP contribution in [0.1, 0.15) is 46.9 Å². The van der Waals surface area contributed by atoms with Gasteiger partial charge in [-0.2, -0.15) is 4.57 Å². The molecule has 1 aromatic heterocycles. The molecule has 33 heavy (non-hydrogen) atoms. The van der Waals surface area contributed by atoms with E-state index in [1.165, 1.54) is 22.8 Å². The van der Waals surface area contributed by atoms with Crippen molar-refractivity contribution in [2.45, 2.75) is 37.6 Å². The normalized spacial score (nSPS) is 13.9. The third kappa shape index (κ3) is 4.69. The van der Waals surface area contributed by atoms with Gasteiger partial charge in [0.25, 0.3) is 10.0 Å². The van der Waals surface area contributed by atoms with Crippen LogP contribution in [0.15, 0.2) is 82.3 Å². The zero-order valence-corrected chi connectivity index (χ0v) is 20.4. The van der Waals surface area contributed by atoms with E-state index in [-0.39, 0.29) is 27.4 Å². The van der Waals surface area contributed by atoms with Crippen LogP contribution in [0.4, 0.5) is 0 Å². The maximum absolute atomic E-state index is 13.4. The number of allylic oxidation sites excluding steroid dienone is 2. The Morgan fingerprint density at radius 1 is 0.970 bits per heavy atom. The van der Waals surface area contributed by atoms with Crippen molar-refractivity contribution in [3.8, 4) is 0 Å². The molecule has 1 heterocycles. The summed E-state index contributed by atoms with van der Waals surface area (Å²) in [5.74, 6) is -0.970. The largest absolute Gasteiger partial charge is 0.287 e. The molecule has 4 rings (SSSR count). The Labute approximate surface area is 200 Å². The second-order valence-electron chi connectivity index (χ2n) is 7.75. The van der Waals surface area contributed by atoms with Crippen LogP contribution in [0.3, 0.4) is 0 Å². The van der Waals surface area contributed by atoms with Gasteiger partial charge in [0.05, 0.1) is 11.4 Å². The van der Waals surface area contributed by atoms with E-state index in [0.717, 1.165) is 30.3 Å². The molecule has 0 saturated carbocycles. The van der Waals surface area contributed by atoms with Crippen molar-refractivity contribution in [3.63, 3.8) is 0 Å². The highest BCUT2D eigenvalue weighted by molar-refractivity contribution is 9.10. The molecule has 0 aliphatic heterocycles. The van der Waals surface area contributed by atoms with Gasteiger partial charge in [0.15, 0.2) is 0 Å². The van der Waals surface area contributed by atoms with Crippen molar-refractivity contribution < 1.29 is 22.6 Å². The van der Waals surface area contributed by atoms with E-state index >= 15 is 0 Å². The van der Waals surface area contributed by atoms with Gasteiger partial charge in [-0.3, -0.25) is 14.3 Å². The fourth-order valence-corrected chi connectivity index (χ4v) is 5.05. The Morgan fingerprint density at radius 2 is 1.64 bits per heavy atom. The van der Waals surface area contributed by atoms with Gasteiger partial charge in [0, 0.05) is 15.6 Å². The lowest BCUT2D eigenvalue weighted by atomic mass is 9.90. The highest BCUT2D eigenvalue weighted by Crippen LogP contribution is 2.29. The number of halogens is 1. The SMILES string of the molecule is CCCCC[n+]1ccn(C2=C(NS(=O)(=O)c3ccc(Br)cc3)C(=O)c3ccccc3C2=O)c1. The average Bonchev–Trinajstić information content (AvgIpc) is 3.26. The van der Waals surface area contributed by atoms with Crippen molar-refractivity contribution in [2.75, 3.05) is 0 Å². The van der Waals surface area contributed by atoms with Gasteiger partial charge in [0.1, 0.15) is 18.1 Å². The van der Waals surface area contributed by atoms with Gasteiger partial charge in [-0.1, -0.05) is 53.5 Å². The Hall–Kier alpha value is -3.04. The van der Waals surface area contributed by atoms with Gasteiger partial charge in [-0.05, 0) is 37.1 Å². The van der Waals surface area contributed by atoms with E-state index in [1.807, 2.05) is 10.8 Å². The van der Waals surface area contributed by atoms with Crippen LogP contribution in [0.25, 0.3) is 5.70 Å². The molecule has 2 aromatic carbocycles. The number of nitrogens with zero attached hydrogens (tertiary/aromatic N) is 2. The number of imidazole rings is 1. The Kier molecular flexibility index (Phi) is 6.62. The first-order chi connectivity index (χ1) is 15.8. The number of hydrogen-bond acceptors (Lipinski definition) is 4. The molecule has 0 radical (unpaired) electrons. The number of sulfonamides is 1. The molecule has 0 fully saturated rings. The van der Waals surface area contributed by atoms with Gasteiger partial charge in [-0.15, -0.1) is 0 Å². The first-order valence-corrected chi connectivity index (χ1v) is 12.9. The summed E-state index contributed by atoms with van der Waals surface area (Å²) in [4.78, 5) is 26.8. The maximum atomic E-state index is 13.4. The molecular weight excluding hydrogens is 506 g/mol. The zero-order chi connectivity index (χ0) is 23.6. The molecule has 0 bridgehead atoms. The van der Waals surface area contributed by atoms with E-state index in [1.54, 1.807) is 42.9 Å². The van der Waals surface area contributed by atoms with Crippen molar-refractivity contribution >= 4 is 43.2 Å². The smallest absolute Gasteiger partial charge is 0.262 e. The Morgan fingerprint density at radius 3 is 2.30 bits per heavy atom. The van der Waals surface area contributed by atoms with Crippen LogP contribution in [0.2, 0.25) is 0 Å². The second-order valence-corrected chi connectivity index (χ2v) is 10.4. The molecule has 1 N–H and O–H groups in total. The molecule has 170 valence electrons. The van der Waals surface area contributed by atoms with Crippen molar-refractivity contribution in [1.82, 2.24) is 9.29 Å². The first kappa shape index (κ1) is 23.1. The summed E-state index contributed by atoms with van der Waals surface area (Å²) in [5, 5.41) is 0. The monoisotopic (exact) mass is 528 g/mol. The number of aryl methyl sites for hydroxylation is 1. The number of carbonyl (C=O) groups is 2. The minimum atomic E-state index is -4.11. The lowest BCUT2D eigenvalue weighted by Gasteiger charge is -2.19. The number of benzene rings is 2. The molecule has 0 amide bonds. The molecule has 0 atom stereocenters. The number of Topliss-reactive ketones (excluding diaryl/α,β-unsaturated/α-hetero) is 2.